The number of anilines is 1. The molecule has 1 amide bonds. The molecule has 2 rings (SSSR count). The van der Waals surface area contributed by atoms with Gasteiger partial charge in [-0.1, -0.05) is 0 Å². The van der Waals surface area contributed by atoms with Gasteiger partial charge in [0.15, 0.2) is 0 Å². The van der Waals surface area contributed by atoms with Crippen LogP contribution in [0.1, 0.15) is 10.4 Å². The summed E-state index contributed by atoms with van der Waals surface area (Å²) in [5.74, 6) is 0.396. The van der Waals surface area contributed by atoms with E-state index in [9.17, 15) is 9.59 Å². The highest BCUT2D eigenvalue weighted by atomic mass is 32.2. The average Bonchev–Trinajstić information content (AvgIpc) is 2.16. The highest BCUT2D eigenvalue weighted by molar-refractivity contribution is 8.00. The summed E-state index contributed by atoms with van der Waals surface area (Å²) in [4.78, 5) is 23.0. The quantitative estimate of drug-likeness (QED) is 0.716. The van der Waals surface area contributed by atoms with Crippen LogP contribution in [0.2, 0.25) is 0 Å². The predicted octanol–water partition coefficient (Wildman–Crippen LogP) is 1.80. The van der Waals surface area contributed by atoms with E-state index in [4.69, 9.17) is 0 Å². The third-order valence-corrected chi connectivity index (χ3v) is 3.19. The Kier molecular flexibility index (Phi) is 2.52. The molecular formula is C9H7NO2S2. The van der Waals surface area contributed by atoms with Gasteiger partial charge >= 0.3 is 0 Å². The molecule has 0 aromatic heterocycles. The second-order valence-corrected chi connectivity index (χ2v) is 4.28. The smallest absolute Gasteiger partial charge is 0.234 e. The van der Waals surface area contributed by atoms with Gasteiger partial charge in [-0.3, -0.25) is 9.59 Å². The summed E-state index contributed by atoms with van der Waals surface area (Å²) < 4.78 is 0. The van der Waals surface area contributed by atoms with Gasteiger partial charge in [-0.05, 0) is 18.2 Å². The Morgan fingerprint density at radius 1 is 1.50 bits per heavy atom. The molecular weight excluding hydrogens is 218 g/mol. The van der Waals surface area contributed by atoms with Crippen molar-refractivity contribution in [1.82, 2.24) is 0 Å². The van der Waals surface area contributed by atoms with Crippen molar-refractivity contribution in [2.75, 3.05) is 11.1 Å². The van der Waals surface area contributed by atoms with Crippen LogP contribution >= 0.6 is 24.4 Å². The molecule has 1 aromatic carbocycles. The number of thioether (sulfide) groups is 1. The first-order valence-corrected chi connectivity index (χ1v) is 5.40. The Hall–Kier alpha value is -0.940. The molecule has 5 heteroatoms. The van der Waals surface area contributed by atoms with Crippen LogP contribution in [0.25, 0.3) is 0 Å². The summed E-state index contributed by atoms with van der Waals surface area (Å²) in [5.41, 5.74) is 1.20. The SMILES string of the molecule is O=C1CSc2ccc(C(=O)S)cc2N1. The topological polar surface area (TPSA) is 46.2 Å². The molecule has 1 N–H and O–H groups in total. The molecule has 0 aliphatic carbocycles. The Morgan fingerprint density at radius 2 is 2.29 bits per heavy atom. The fourth-order valence-corrected chi connectivity index (χ4v) is 2.14. The van der Waals surface area contributed by atoms with E-state index in [0.29, 0.717) is 17.0 Å². The minimum atomic E-state index is -0.294. The summed E-state index contributed by atoms with van der Waals surface area (Å²) in [6, 6.07) is 5.18. The molecule has 0 radical (unpaired) electrons. The van der Waals surface area contributed by atoms with Gasteiger partial charge in [0, 0.05) is 10.5 Å². The van der Waals surface area contributed by atoms with Gasteiger partial charge in [0.25, 0.3) is 0 Å². The van der Waals surface area contributed by atoms with Crippen molar-refractivity contribution in [3.05, 3.63) is 23.8 Å². The van der Waals surface area contributed by atoms with E-state index in [2.05, 4.69) is 17.9 Å². The lowest BCUT2D eigenvalue weighted by Gasteiger charge is -2.16. The molecule has 0 spiro atoms. The van der Waals surface area contributed by atoms with Gasteiger partial charge in [0.2, 0.25) is 11.0 Å². The van der Waals surface area contributed by atoms with Crippen LogP contribution in [0.5, 0.6) is 0 Å². The second-order valence-electron chi connectivity index (χ2n) is 2.85. The van der Waals surface area contributed by atoms with Crippen molar-refractivity contribution < 1.29 is 9.59 Å². The number of hydrogen-bond donors (Lipinski definition) is 2. The predicted molar refractivity (Wildman–Crippen MR) is 59.1 cm³/mol. The maximum atomic E-state index is 11.1. The van der Waals surface area contributed by atoms with Gasteiger partial charge in [0.05, 0.1) is 11.4 Å². The van der Waals surface area contributed by atoms with Gasteiger partial charge in [0.1, 0.15) is 0 Å². The van der Waals surface area contributed by atoms with Crippen molar-refractivity contribution >= 4 is 41.1 Å². The molecule has 0 saturated heterocycles. The third kappa shape index (κ3) is 1.78. The minimum Gasteiger partial charge on any atom is -0.324 e. The number of fused-ring (bicyclic) bond motifs is 1. The first-order chi connectivity index (χ1) is 6.66. The Balaban J connectivity index is 2.42. The zero-order chi connectivity index (χ0) is 10.1. The molecule has 0 unspecified atom stereocenters. The largest absolute Gasteiger partial charge is 0.324 e. The molecule has 1 aromatic rings. The van der Waals surface area contributed by atoms with Crippen molar-refractivity contribution in [2.24, 2.45) is 0 Å². The van der Waals surface area contributed by atoms with Crippen LogP contribution in [0.4, 0.5) is 5.69 Å². The molecule has 1 aliphatic heterocycles. The molecule has 3 nitrogen and oxygen atoms in total. The number of amides is 1. The number of benzene rings is 1. The van der Waals surface area contributed by atoms with Crippen LogP contribution in [-0.2, 0) is 4.79 Å². The van der Waals surface area contributed by atoms with Crippen molar-refractivity contribution in [1.29, 1.82) is 0 Å². The molecule has 72 valence electrons. The molecule has 0 saturated carbocycles. The number of carbonyl (C=O) groups excluding carboxylic acids is 2. The number of carbonyl (C=O) groups is 2. The van der Waals surface area contributed by atoms with E-state index < -0.39 is 0 Å². The summed E-state index contributed by atoms with van der Waals surface area (Å²) in [6.07, 6.45) is 0. The van der Waals surface area contributed by atoms with Gasteiger partial charge in [-0.25, -0.2) is 0 Å². The number of rotatable bonds is 1. The maximum Gasteiger partial charge on any atom is 0.234 e. The molecule has 0 bridgehead atoms. The zero-order valence-corrected chi connectivity index (χ0v) is 8.82. The Morgan fingerprint density at radius 3 is 3.00 bits per heavy atom. The Labute approximate surface area is 90.7 Å². The third-order valence-electron chi connectivity index (χ3n) is 1.86. The fourth-order valence-electron chi connectivity index (χ4n) is 1.22. The maximum absolute atomic E-state index is 11.1. The van der Waals surface area contributed by atoms with Crippen LogP contribution in [-0.4, -0.2) is 16.8 Å². The fraction of sp³-hybridized carbons (Fsp3) is 0.111. The molecule has 14 heavy (non-hydrogen) atoms. The molecule has 0 fully saturated rings. The van der Waals surface area contributed by atoms with Crippen molar-refractivity contribution in [3.8, 4) is 0 Å². The standard InChI is InChI=1S/C9H7NO2S2/c11-8-4-14-7-2-1-5(9(12)13)3-6(7)10-8/h1-3H,4H2,(H,10,11)(H,12,13). The first-order valence-electron chi connectivity index (χ1n) is 3.97. The highest BCUT2D eigenvalue weighted by Crippen LogP contribution is 2.32. The average molecular weight is 225 g/mol. The molecule has 1 heterocycles. The van der Waals surface area contributed by atoms with Gasteiger partial charge < -0.3 is 5.32 Å². The van der Waals surface area contributed by atoms with Crippen molar-refractivity contribution in [2.45, 2.75) is 4.90 Å². The lowest BCUT2D eigenvalue weighted by Crippen LogP contribution is -2.18. The van der Waals surface area contributed by atoms with E-state index in [0.717, 1.165) is 4.90 Å². The lowest BCUT2D eigenvalue weighted by molar-refractivity contribution is -0.113. The van der Waals surface area contributed by atoms with Crippen LogP contribution < -0.4 is 5.32 Å². The summed E-state index contributed by atoms with van der Waals surface area (Å²) >= 11 is 5.19. The van der Waals surface area contributed by atoms with Gasteiger partial charge in [-0.2, -0.15) is 0 Å². The van der Waals surface area contributed by atoms with E-state index in [-0.39, 0.29) is 11.0 Å². The zero-order valence-electron chi connectivity index (χ0n) is 7.11. The second kappa shape index (κ2) is 3.67. The van der Waals surface area contributed by atoms with Crippen LogP contribution in [0.15, 0.2) is 23.1 Å². The molecule has 0 atom stereocenters. The van der Waals surface area contributed by atoms with E-state index in [1.54, 1.807) is 12.1 Å². The summed E-state index contributed by atoms with van der Waals surface area (Å²) in [7, 11) is 0. The van der Waals surface area contributed by atoms with Crippen molar-refractivity contribution in [3.63, 3.8) is 0 Å². The van der Waals surface area contributed by atoms with E-state index >= 15 is 0 Å². The van der Waals surface area contributed by atoms with Gasteiger partial charge in [-0.15, -0.1) is 24.4 Å². The Bertz CT molecular complexity index is 417. The van der Waals surface area contributed by atoms with Crippen LogP contribution in [0, 0.1) is 0 Å². The number of hydrogen-bond acceptors (Lipinski definition) is 3. The number of thiol groups is 1. The lowest BCUT2D eigenvalue weighted by atomic mass is 10.2. The molecule has 1 aliphatic rings. The highest BCUT2D eigenvalue weighted by Gasteiger charge is 2.16. The van der Waals surface area contributed by atoms with E-state index in [1.807, 2.05) is 6.07 Å². The normalized spacial score (nSPS) is 14.5. The summed E-state index contributed by atoms with van der Waals surface area (Å²) in [5, 5.41) is 2.42. The van der Waals surface area contributed by atoms with E-state index in [1.165, 1.54) is 11.8 Å². The van der Waals surface area contributed by atoms with Crippen LogP contribution in [0.3, 0.4) is 0 Å². The monoisotopic (exact) mass is 225 g/mol. The number of nitrogens with one attached hydrogen (secondary N) is 1. The minimum absolute atomic E-state index is 0.0359. The summed E-state index contributed by atoms with van der Waals surface area (Å²) in [6.45, 7) is 0. The first kappa shape index (κ1) is 9.61.